The minimum absolute atomic E-state index is 0.0719. The molecule has 0 spiro atoms. The molecule has 0 aromatic carbocycles. The predicted molar refractivity (Wildman–Crippen MR) is 203 cm³/mol. The summed E-state index contributed by atoms with van der Waals surface area (Å²) >= 11 is 0. The highest BCUT2D eigenvalue weighted by molar-refractivity contribution is 7.47. The minimum Gasteiger partial charge on any atom is -0.387 e. The lowest BCUT2D eigenvalue weighted by Crippen LogP contribution is -2.45. The molecule has 0 fully saturated rings. The maximum absolute atomic E-state index is 12.7. The number of hydrogen-bond donors (Lipinski definition) is 4. The van der Waals surface area contributed by atoms with Gasteiger partial charge in [-0.05, 0) is 51.4 Å². The molecule has 0 aliphatic heterocycles. The lowest BCUT2D eigenvalue weighted by molar-refractivity contribution is -0.123. The van der Waals surface area contributed by atoms with E-state index in [-0.39, 0.29) is 25.7 Å². The van der Waals surface area contributed by atoms with Crippen molar-refractivity contribution in [2.24, 2.45) is 5.73 Å². The molecule has 0 heterocycles. The van der Waals surface area contributed by atoms with Gasteiger partial charge < -0.3 is 21.1 Å². The van der Waals surface area contributed by atoms with Crippen LogP contribution in [0.25, 0.3) is 0 Å². The molecule has 5 N–H and O–H groups in total. The monoisotopic (exact) mass is 697 g/mol. The Bertz CT molecular complexity index is 892. The molecule has 8 nitrogen and oxygen atoms in total. The first-order chi connectivity index (χ1) is 23.4. The standard InChI is InChI=1S/C39H73N2O6P/c1-3-5-7-9-11-13-15-17-18-19-21-22-24-26-28-30-32-38(42)37(36-47-48(44,45)46-35-34-40)41-39(43)33-31-29-27-25-23-20-16-14-12-10-8-6-4-2/h6,8,12,14,20,23,30,32,37-38,42H,3-5,7,9-11,13,15-19,21-22,24-29,31,33-36,40H2,1-2H3,(H,41,43)(H,44,45)/b8-6-,14-12-,23-20-,32-30+. The lowest BCUT2D eigenvalue weighted by Gasteiger charge is -2.23. The van der Waals surface area contributed by atoms with Crippen LogP contribution in [0.5, 0.6) is 0 Å². The number of amides is 1. The first kappa shape index (κ1) is 46.5. The molecule has 0 aliphatic rings. The normalized spacial score (nSPS) is 14.9. The predicted octanol–water partition coefficient (Wildman–Crippen LogP) is 10.2. The van der Waals surface area contributed by atoms with Crippen LogP contribution in [0.2, 0.25) is 0 Å². The third-order valence-electron chi connectivity index (χ3n) is 8.16. The molecular formula is C39H73N2O6P. The average molecular weight is 697 g/mol. The minimum atomic E-state index is -4.34. The fourth-order valence-electron chi connectivity index (χ4n) is 5.26. The van der Waals surface area contributed by atoms with E-state index < -0.39 is 20.0 Å². The third-order valence-corrected chi connectivity index (χ3v) is 9.14. The summed E-state index contributed by atoms with van der Waals surface area (Å²) in [6.45, 7) is 3.98. The van der Waals surface area contributed by atoms with Crippen LogP contribution in [0.15, 0.2) is 48.6 Å². The second-order valence-electron chi connectivity index (χ2n) is 12.8. The Morgan fingerprint density at radius 2 is 1.21 bits per heavy atom. The molecule has 9 heteroatoms. The number of nitrogens with two attached hydrogens (primary N) is 1. The Labute approximate surface area is 294 Å². The fraction of sp³-hybridized carbons (Fsp3) is 0.769. The number of carbonyl (C=O) groups excluding carboxylic acids is 1. The number of nitrogens with one attached hydrogen (secondary N) is 1. The van der Waals surface area contributed by atoms with Crippen LogP contribution in [0.3, 0.4) is 0 Å². The van der Waals surface area contributed by atoms with Crippen molar-refractivity contribution in [3.05, 3.63) is 48.6 Å². The van der Waals surface area contributed by atoms with Gasteiger partial charge in [-0.3, -0.25) is 13.8 Å². The second kappa shape index (κ2) is 35.3. The molecule has 0 aromatic heterocycles. The molecule has 0 rings (SSSR count). The molecule has 0 aromatic rings. The number of rotatable bonds is 35. The molecular weight excluding hydrogens is 623 g/mol. The van der Waals surface area contributed by atoms with Crippen molar-refractivity contribution in [3.63, 3.8) is 0 Å². The van der Waals surface area contributed by atoms with E-state index in [0.29, 0.717) is 6.42 Å². The number of aliphatic hydroxyl groups is 1. The Morgan fingerprint density at radius 3 is 1.77 bits per heavy atom. The van der Waals surface area contributed by atoms with Crippen LogP contribution >= 0.6 is 7.82 Å². The van der Waals surface area contributed by atoms with Crippen molar-refractivity contribution in [3.8, 4) is 0 Å². The molecule has 0 aliphatic carbocycles. The van der Waals surface area contributed by atoms with Crippen LogP contribution < -0.4 is 11.1 Å². The Kier molecular flexibility index (Phi) is 34.2. The van der Waals surface area contributed by atoms with Gasteiger partial charge in [0, 0.05) is 13.0 Å². The molecule has 0 saturated carbocycles. The molecule has 3 atom stereocenters. The SMILES string of the molecule is CC/C=C\C/C=C\C/C=C\CCCCCC(=O)NC(COP(=O)(O)OCCN)C(O)/C=C/CCCCCCCCCCCCCCCC. The number of allylic oxidation sites excluding steroid dienone is 7. The highest BCUT2D eigenvalue weighted by Gasteiger charge is 2.26. The van der Waals surface area contributed by atoms with E-state index in [9.17, 15) is 19.4 Å². The van der Waals surface area contributed by atoms with E-state index in [1.807, 2.05) is 6.08 Å². The smallest absolute Gasteiger partial charge is 0.387 e. The number of unbranched alkanes of at least 4 members (excludes halogenated alkanes) is 17. The van der Waals surface area contributed by atoms with Gasteiger partial charge in [-0.15, -0.1) is 0 Å². The maximum Gasteiger partial charge on any atom is 0.472 e. The molecule has 48 heavy (non-hydrogen) atoms. The summed E-state index contributed by atoms with van der Waals surface area (Å²) in [6.07, 6.45) is 41.6. The summed E-state index contributed by atoms with van der Waals surface area (Å²) in [6, 6.07) is -0.875. The molecule has 0 radical (unpaired) electrons. The van der Waals surface area contributed by atoms with Crippen molar-refractivity contribution in [1.82, 2.24) is 5.32 Å². The second-order valence-corrected chi connectivity index (χ2v) is 14.2. The van der Waals surface area contributed by atoms with Gasteiger partial charge in [-0.2, -0.15) is 0 Å². The number of aliphatic hydroxyl groups excluding tert-OH is 1. The summed E-state index contributed by atoms with van der Waals surface area (Å²) < 4.78 is 22.0. The first-order valence-corrected chi connectivity index (χ1v) is 20.8. The van der Waals surface area contributed by atoms with E-state index in [2.05, 4.69) is 55.6 Å². The number of hydrogen-bond acceptors (Lipinski definition) is 6. The van der Waals surface area contributed by atoms with Crippen molar-refractivity contribution >= 4 is 13.7 Å². The third kappa shape index (κ3) is 33.0. The zero-order valence-electron chi connectivity index (χ0n) is 30.7. The molecule has 280 valence electrons. The van der Waals surface area contributed by atoms with E-state index in [1.165, 1.54) is 77.0 Å². The highest BCUT2D eigenvalue weighted by atomic mass is 31.2. The van der Waals surface area contributed by atoms with E-state index in [4.69, 9.17) is 14.8 Å². The lowest BCUT2D eigenvalue weighted by atomic mass is 10.0. The zero-order chi connectivity index (χ0) is 35.4. The van der Waals surface area contributed by atoms with Crippen LogP contribution in [0.4, 0.5) is 0 Å². The van der Waals surface area contributed by atoms with Gasteiger partial charge in [0.05, 0.1) is 25.4 Å². The summed E-state index contributed by atoms with van der Waals surface area (Å²) in [7, 11) is -4.34. The average Bonchev–Trinajstić information content (AvgIpc) is 3.07. The van der Waals surface area contributed by atoms with Crippen molar-refractivity contribution in [1.29, 1.82) is 0 Å². The van der Waals surface area contributed by atoms with Gasteiger partial charge in [0.2, 0.25) is 5.91 Å². The molecule has 0 saturated heterocycles. The van der Waals surface area contributed by atoms with Gasteiger partial charge in [0.15, 0.2) is 0 Å². The summed E-state index contributed by atoms with van der Waals surface area (Å²) in [4.78, 5) is 22.6. The molecule has 1 amide bonds. The Hall–Kier alpha value is -1.54. The van der Waals surface area contributed by atoms with Crippen LogP contribution in [0, 0.1) is 0 Å². The number of phosphoric acid groups is 1. The van der Waals surface area contributed by atoms with Gasteiger partial charge in [0.1, 0.15) is 0 Å². The largest absolute Gasteiger partial charge is 0.472 e. The topological polar surface area (TPSA) is 131 Å². The zero-order valence-corrected chi connectivity index (χ0v) is 31.6. The van der Waals surface area contributed by atoms with Crippen molar-refractivity contribution in [2.45, 2.75) is 174 Å². The van der Waals surface area contributed by atoms with Gasteiger partial charge in [0.25, 0.3) is 0 Å². The summed E-state index contributed by atoms with van der Waals surface area (Å²) in [5.41, 5.74) is 5.35. The Balaban J connectivity index is 4.36. The highest BCUT2D eigenvalue weighted by Crippen LogP contribution is 2.43. The van der Waals surface area contributed by atoms with Crippen LogP contribution in [0.1, 0.15) is 162 Å². The van der Waals surface area contributed by atoms with Crippen LogP contribution in [-0.4, -0.2) is 47.8 Å². The van der Waals surface area contributed by atoms with Crippen molar-refractivity contribution < 1.29 is 28.4 Å². The fourth-order valence-corrected chi connectivity index (χ4v) is 6.02. The molecule has 3 unspecified atom stereocenters. The van der Waals surface area contributed by atoms with Gasteiger partial charge in [-0.1, -0.05) is 152 Å². The van der Waals surface area contributed by atoms with E-state index in [0.717, 1.165) is 64.2 Å². The molecule has 0 bridgehead atoms. The van der Waals surface area contributed by atoms with Gasteiger partial charge >= 0.3 is 7.82 Å². The number of carbonyl (C=O) groups is 1. The summed E-state index contributed by atoms with van der Waals surface area (Å²) in [5.74, 6) is -0.225. The van der Waals surface area contributed by atoms with Crippen molar-refractivity contribution in [2.75, 3.05) is 19.8 Å². The quantitative estimate of drug-likeness (QED) is 0.0295. The number of phosphoric ester groups is 1. The van der Waals surface area contributed by atoms with Gasteiger partial charge in [-0.25, -0.2) is 4.57 Å². The maximum atomic E-state index is 12.7. The summed E-state index contributed by atoms with van der Waals surface area (Å²) in [5, 5.41) is 13.6. The van der Waals surface area contributed by atoms with Crippen LogP contribution in [-0.2, 0) is 18.4 Å². The first-order valence-electron chi connectivity index (χ1n) is 19.3. The van der Waals surface area contributed by atoms with E-state index >= 15 is 0 Å². The Morgan fingerprint density at radius 1 is 0.708 bits per heavy atom. The van der Waals surface area contributed by atoms with E-state index in [1.54, 1.807) is 6.08 Å².